The molecule has 3 rings (SSSR count). The third kappa shape index (κ3) is 8.19. The predicted molar refractivity (Wildman–Crippen MR) is 153 cm³/mol. The van der Waals surface area contributed by atoms with Crippen LogP contribution < -0.4 is 4.74 Å². The fourth-order valence-corrected chi connectivity index (χ4v) is 5.37. The summed E-state index contributed by atoms with van der Waals surface area (Å²) in [5.74, 6) is 0.790. The number of carbonyl (C=O) groups is 1. The normalized spacial score (nSPS) is 12.3. The van der Waals surface area contributed by atoms with Crippen molar-refractivity contribution in [1.82, 2.24) is 0 Å². The second-order valence-electron chi connectivity index (χ2n) is 9.10. The van der Waals surface area contributed by atoms with Crippen LogP contribution in [0.25, 0.3) is 0 Å². The number of carbonyl (C=O) groups excluding carboxylic acids is 1. The second-order valence-corrected chi connectivity index (χ2v) is 10.5. The molecule has 5 heteroatoms. The van der Waals surface area contributed by atoms with Crippen molar-refractivity contribution in [2.45, 2.75) is 56.8 Å². The van der Waals surface area contributed by atoms with Crippen LogP contribution >= 0.6 is 11.8 Å². The fraction of sp³-hybridized carbons (Fsp3) is 0.406. The molecule has 0 aliphatic carbocycles. The van der Waals surface area contributed by atoms with E-state index < -0.39 is 5.60 Å². The van der Waals surface area contributed by atoms with E-state index in [1.54, 1.807) is 7.11 Å². The van der Waals surface area contributed by atoms with E-state index >= 15 is 0 Å². The van der Waals surface area contributed by atoms with Crippen molar-refractivity contribution in [2.75, 3.05) is 26.9 Å². The molecule has 0 saturated heterocycles. The van der Waals surface area contributed by atoms with Crippen LogP contribution in [0.4, 0.5) is 0 Å². The Kier molecular flexibility index (Phi) is 12.2. The lowest BCUT2D eigenvalue weighted by Crippen LogP contribution is -2.36. The van der Waals surface area contributed by atoms with Gasteiger partial charge in [-0.05, 0) is 41.7 Å². The molecule has 198 valence electrons. The second kappa shape index (κ2) is 15.6. The molecule has 3 aromatic carbocycles. The minimum atomic E-state index is -0.858. The van der Waals surface area contributed by atoms with Crippen LogP contribution in [0, 0.1) is 0 Å². The molecule has 0 spiro atoms. The summed E-state index contributed by atoms with van der Waals surface area (Å²) < 4.78 is 18.4. The Bertz CT molecular complexity index is 998. The molecule has 4 nitrogen and oxygen atoms in total. The van der Waals surface area contributed by atoms with Gasteiger partial charge in [0.15, 0.2) is 5.12 Å². The smallest absolute Gasteiger partial charge is 0.189 e. The molecule has 1 atom stereocenters. The molecule has 0 unspecified atom stereocenters. The van der Waals surface area contributed by atoms with Crippen LogP contribution in [0.3, 0.4) is 0 Å². The van der Waals surface area contributed by atoms with Crippen LogP contribution in [0.2, 0.25) is 0 Å². The maximum Gasteiger partial charge on any atom is 0.189 e. The summed E-state index contributed by atoms with van der Waals surface area (Å²) in [4.78, 5) is 12.6. The molecule has 0 fully saturated rings. The maximum atomic E-state index is 12.6. The summed E-state index contributed by atoms with van der Waals surface area (Å²) in [7, 11) is 1.67. The zero-order valence-electron chi connectivity index (χ0n) is 22.4. The molecular formula is C32H40O4S. The highest BCUT2D eigenvalue weighted by Crippen LogP contribution is 2.41. The molecule has 0 N–H and O–H groups in total. The summed E-state index contributed by atoms with van der Waals surface area (Å²) in [6.45, 7) is 5.76. The molecule has 0 aliphatic heterocycles. The molecule has 3 aromatic rings. The van der Waals surface area contributed by atoms with Crippen molar-refractivity contribution in [3.8, 4) is 5.75 Å². The van der Waals surface area contributed by atoms with Gasteiger partial charge in [-0.2, -0.15) is 0 Å². The van der Waals surface area contributed by atoms with Crippen molar-refractivity contribution < 1.29 is 19.0 Å². The van der Waals surface area contributed by atoms with Gasteiger partial charge < -0.3 is 14.2 Å². The number of hydrogen-bond acceptors (Lipinski definition) is 5. The van der Waals surface area contributed by atoms with Crippen LogP contribution in [0.1, 0.15) is 62.6 Å². The van der Waals surface area contributed by atoms with Gasteiger partial charge in [-0.15, -0.1) is 0 Å². The Morgan fingerprint density at radius 3 is 1.92 bits per heavy atom. The van der Waals surface area contributed by atoms with Crippen molar-refractivity contribution in [3.63, 3.8) is 0 Å². The minimum Gasteiger partial charge on any atom is -0.497 e. The highest BCUT2D eigenvalue weighted by molar-refractivity contribution is 8.14. The molecule has 0 heterocycles. The molecule has 0 aliphatic rings. The van der Waals surface area contributed by atoms with Gasteiger partial charge in [0.05, 0.1) is 25.6 Å². The number of benzene rings is 3. The van der Waals surface area contributed by atoms with Gasteiger partial charge >= 0.3 is 0 Å². The van der Waals surface area contributed by atoms with Gasteiger partial charge in [-0.3, -0.25) is 4.79 Å². The van der Waals surface area contributed by atoms with Crippen molar-refractivity contribution in [1.29, 1.82) is 0 Å². The molecule has 37 heavy (non-hydrogen) atoms. The number of unbranched alkanes of at least 4 members (excludes halogenated alkanes) is 2. The lowest BCUT2D eigenvalue weighted by molar-refractivity contribution is -0.111. The Morgan fingerprint density at radius 2 is 1.38 bits per heavy atom. The summed E-state index contributed by atoms with van der Waals surface area (Å²) in [5.41, 5.74) is 2.19. The Labute approximate surface area is 226 Å². The highest BCUT2D eigenvalue weighted by atomic mass is 32.2. The van der Waals surface area contributed by atoms with E-state index in [9.17, 15) is 4.79 Å². The highest BCUT2D eigenvalue weighted by Gasteiger charge is 2.38. The number of rotatable bonds is 16. The number of thioether (sulfide) groups is 1. The number of methoxy groups -OCH3 is 1. The van der Waals surface area contributed by atoms with E-state index in [4.69, 9.17) is 14.2 Å². The van der Waals surface area contributed by atoms with Crippen LogP contribution in [0.5, 0.6) is 5.75 Å². The van der Waals surface area contributed by atoms with Gasteiger partial charge in [0.1, 0.15) is 11.4 Å². The van der Waals surface area contributed by atoms with Crippen molar-refractivity contribution in [2.24, 2.45) is 0 Å². The van der Waals surface area contributed by atoms with Crippen LogP contribution in [-0.2, 0) is 19.9 Å². The number of hydrogen-bond donors (Lipinski definition) is 0. The Morgan fingerprint density at radius 1 is 0.784 bits per heavy atom. The third-order valence-corrected chi connectivity index (χ3v) is 7.36. The lowest BCUT2D eigenvalue weighted by atomic mass is 9.80. The predicted octanol–water partition coefficient (Wildman–Crippen LogP) is 7.64. The Hall–Kier alpha value is -2.60. The van der Waals surface area contributed by atoms with Crippen LogP contribution in [0.15, 0.2) is 84.9 Å². The molecule has 0 saturated carbocycles. The number of ether oxygens (including phenoxy) is 3. The summed E-state index contributed by atoms with van der Waals surface area (Å²) in [6.07, 6.45) is 4.71. The first-order valence-corrected chi connectivity index (χ1v) is 14.2. The molecule has 0 amide bonds. The average Bonchev–Trinajstić information content (AvgIpc) is 2.94. The monoisotopic (exact) mass is 520 g/mol. The molecule has 0 bridgehead atoms. The topological polar surface area (TPSA) is 44.8 Å². The summed E-state index contributed by atoms with van der Waals surface area (Å²) in [5, 5.41) is 0.0773. The van der Waals surface area contributed by atoms with E-state index in [1.165, 1.54) is 11.8 Å². The zero-order chi connectivity index (χ0) is 26.3. The first-order valence-electron chi connectivity index (χ1n) is 13.3. The summed E-state index contributed by atoms with van der Waals surface area (Å²) in [6, 6.07) is 28.6. The minimum absolute atomic E-state index is 0.106. The molecule has 0 aromatic heterocycles. The van der Waals surface area contributed by atoms with Gasteiger partial charge in [0.2, 0.25) is 0 Å². The SMILES string of the molecule is CCCCCOC[C@H](COC(c1ccccc1)(c1ccccc1)c1ccc(OC)cc1)SC(=O)CCC. The van der Waals surface area contributed by atoms with E-state index in [-0.39, 0.29) is 10.4 Å². The quantitative estimate of drug-likeness (QED) is 0.143. The zero-order valence-corrected chi connectivity index (χ0v) is 23.2. The first kappa shape index (κ1) is 29.0. The average molecular weight is 521 g/mol. The van der Waals surface area contributed by atoms with Crippen LogP contribution in [-0.4, -0.2) is 37.3 Å². The van der Waals surface area contributed by atoms with Gasteiger partial charge in [-0.1, -0.05) is 111 Å². The van der Waals surface area contributed by atoms with Crippen molar-refractivity contribution >= 4 is 16.9 Å². The van der Waals surface area contributed by atoms with E-state index in [1.807, 2.05) is 55.5 Å². The third-order valence-electron chi connectivity index (χ3n) is 6.29. The standard InChI is InChI=1S/C32H40O4S/c1-4-6-13-23-35-24-30(37-31(33)14-5-2)25-36-32(26-15-9-7-10-16-26,27-17-11-8-12-18-27)28-19-21-29(34-3)22-20-28/h7-12,15-22,30H,4-6,13-14,23-25H2,1-3H3/t30-/m1/s1. The fourth-order valence-electron chi connectivity index (χ4n) is 4.37. The Balaban J connectivity index is 1.98. The van der Waals surface area contributed by atoms with E-state index in [2.05, 4.69) is 43.3 Å². The van der Waals surface area contributed by atoms with Gasteiger partial charge in [0, 0.05) is 13.0 Å². The molecular weight excluding hydrogens is 480 g/mol. The van der Waals surface area contributed by atoms with E-state index in [0.717, 1.165) is 48.1 Å². The largest absolute Gasteiger partial charge is 0.497 e. The first-order chi connectivity index (χ1) is 18.1. The summed E-state index contributed by atoms with van der Waals surface area (Å²) >= 11 is 1.36. The maximum absolute atomic E-state index is 12.6. The van der Waals surface area contributed by atoms with E-state index in [0.29, 0.717) is 26.2 Å². The van der Waals surface area contributed by atoms with Crippen molar-refractivity contribution in [3.05, 3.63) is 102 Å². The lowest BCUT2D eigenvalue weighted by Gasteiger charge is -2.37. The van der Waals surface area contributed by atoms with Gasteiger partial charge in [-0.25, -0.2) is 0 Å². The van der Waals surface area contributed by atoms with Gasteiger partial charge in [0.25, 0.3) is 0 Å². The molecule has 0 radical (unpaired) electrons.